The first-order valence-corrected chi connectivity index (χ1v) is 27.5. The van der Waals surface area contributed by atoms with Crippen LogP contribution < -0.4 is 0 Å². The van der Waals surface area contributed by atoms with E-state index in [4.69, 9.17) is 12.3 Å². The second-order valence-corrected chi connectivity index (χ2v) is 29.1. The third-order valence-electron chi connectivity index (χ3n) is 7.32. The molecule has 16 heteroatoms. The van der Waals surface area contributed by atoms with Crippen molar-refractivity contribution in [2.45, 2.75) is 74.6 Å². The predicted octanol–water partition coefficient (Wildman–Crippen LogP) is 4.37. The van der Waals surface area contributed by atoms with Gasteiger partial charge in [-0.3, -0.25) is 29.0 Å². The molecular weight excluding hydrogens is 653 g/mol. The Morgan fingerprint density at radius 1 is 0.705 bits per heavy atom. The Hall–Kier alpha value is -2.58. The van der Waals surface area contributed by atoms with E-state index in [1.54, 1.807) is 0 Å². The molecule has 0 atom stereocenters. The van der Waals surface area contributed by atoms with Crippen LogP contribution >= 0.6 is 0 Å². The molecule has 0 unspecified atom stereocenters. The van der Waals surface area contributed by atoms with E-state index in [0.717, 1.165) is 9.80 Å². The molecule has 0 N–H and O–H groups in total. The van der Waals surface area contributed by atoms with Crippen molar-refractivity contribution < 1.29 is 39.9 Å². The largest absolute Gasteiger partial charge is 0.440 e. The van der Waals surface area contributed by atoms with Crippen LogP contribution in [0.3, 0.4) is 0 Å². The molecule has 0 spiro atoms. The van der Waals surface area contributed by atoms with Gasteiger partial charge in [0.05, 0.1) is 32.0 Å². The molecule has 44 heavy (non-hydrogen) atoms. The highest BCUT2D eigenvalue weighted by Crippen LogP contribution is 2.32. The molecule has 2 aliphatic heterocycles. The summed E-state index contributed by atoms with van der Waals surface area (Å²) in [5.74, 6) is -2.12. The fraction of sp³-hybridized carbons (Fsp3) is 0.429. The maximum absolute atomic E-state index is 13.5. The topological polar surface area (TPSA) is 137 Å². The van der Waals surface area contributed by atoms with E-state index in [1.807, 2.05) is 26.2 Å². The Morgan fingerprint density at radius 3 is 1.73 bits per heavy atom. The zero-order valence-corrected chi connectivity index (χ0v) is 31.6. The summed E-state index contributed by atoms with van der Waals surface area (Å²) in [7, 11) is -11.1. The number of hydrogen-bond donors (Lipinski definition) is 0. The van der Waals surface area contributed by atoms with Crippen molar-refractivity contribution in [3.8, 4) is 0 Å². The van der Waals surface area contributed by atoms with Crippen LogP contribution in [0.1, 0.15) is 47.9 Å². The van der Waals surface area contributed by atoms with Gasteiger partial charge in [-0.25, -0.2) is 8.42 Å². The standard InChI is InChI=1S/C28H40N2O9SSi4/c1-29-25(31)21-13-11-19(17-23(21)26(29)32)40(35,36)20-12-14-22-24(18-20)28(34)30(27(22)33)15-10-16-42(4,5)38-44(8,9)39-43(6,7)37-41(2)3/h11-14,17-18,41H,10,15-16H2,1-9H3. The first-order chi connectivity index (χ1) is 20.2. The van der Waals surface area contributed by atoms with Crippen LogP contribution in [-0.2, 0) is 22.2 Å². The number of carbonyl (C=O) groups excluding carboxylic acids is 4. The van der Waals surface area contributed by atoms with E-state index < -0.39 is 67.9 Å². The van der Waals surface area contributed by atoms with Crippen LogP contribution in [0, 0.1) is 0 Å². The second-order valence-electron chi connectivity index (χ2n) is 12.9. The van der Waals surface area contributed by atoms with Gasteiger partial charge in [0.25, 0.3) is 23.6 Å². The van der Waals surface area contributed by atoms with Crippen LogP contribution in [0.15, 0.2) is 46.2 Å². The molecule has 0 fully saturated rings. The summed E-state index contributed by atoms with van der Waals surface area (Å²) >= 11 is 0. The number of carbonyl (C=O) groups is 4. The lowest BCUT2D eigenvalue weighted by atomic mass is 10.1. The number of benzene rings is 2. The molecule has 238 valence electrons. The monoisotopic (exact) mass is 692 g/mol. The SMILES string of the molecule is CN1C(=O)c2ccc(S(=O)(=O)c3ccc4c(c3)C(=O)N(CCC[Si](C)(C)O[Si](C)(C)O[Si](C)(C)O[SiH](C)C)C4=O)cc2C1=O. The summed E-state index contributed by atoms with van der Waals surface area (Å²) < 4.78 is 46.1. The van der Waals surface area contributed by atoms with E-state index in [0.29, 0.717) is 12.5 Å². The first-order valence-electron chi connectivity index (χ1n) is 14.5. The van der Waals surface area contributed by atoms with Gasteiger partial charge < -0.3 is 12.3 Å². The smallest absolute Gasteiger partial charge is 0.312 e. The summed E-state index contributed by atoms with van der Waals surface area (Å²) in [6.07, 6.45) is 0.535. The van der Waals surface area contributed by atoms with Gasteiger partial charge >= 0.3 is 17.1 Å². The van der Waals surface area contributed by atoms with Gasteiger partial charge in [0.15, 0.2) is 17.4 Å². The van der Waals surface area contributed by atoms with Crippen LogP contribution in [-0.4, -0.2) is 89.9 Å². The summed E-state index contributed by atoms with van der Waals surface area (Å²) in [5, 5.41) is 0. The zero-order valence-electron chi connectivity index (χ0n) is 26.6. The van der Waals surface area contributed by atoms with E-state index in [9.17, 15) is 27.6 Å². The predicted molar refractivity (Wildman–Crippen MR) is 174 cm³/mol. The third kappa shape index (κ3) is 6.96. The number of fused-ring (bicyclic) bond motifs is 2. The van der Waals surface area contributed by atoms with Gasteiger partial charge in [-0.15, -0.1) is 0 Å². The highest BCUT2D eigenvalue weighted by atomic mass is 32.2. The van der Waals surface area contributed by atoms with Crippen LogP contribution in [0.4, 0.5) is 0 Å². The second kappa shape index (κ2) is 12.0. The first kappa shape index (κ1) is 34.3. The zero-order chi connectivity index (χ0) is 33.0. The lowest BCUT2D eigenvalue weighted by Crippen LogP contribution is -2.54. The van der Waals surface area contributed by atoms with Crippen LogP contribution in [0.25, 0.3) is 0 Å². The average Bonchev–Trinajstić information content (AvgIpc) is 3.25. The van der Waals surface area contributed by atoms with E-state index >= 15 is 0 Å². The van der Waals surface area contributed by atoms with Gasteiger partial charge in [0, 0.05) is 13.6 Å². The maximum Gasteiger partial charge on any atom is 0.312 e. The average molecular weight is 693 g/mol. The summed E-state index contributed by atoms with van der Waals surface area (Å²) in [4.78, 5) is 52.8. The van der Waals surface area contributed by atoms with E-state index in [2.05, 4.69) is 26.2 Å². The molecule has 11 nitrogen and oxygen atoms in total. The van der Waals surface area contributed by atoms with Crippen molar-refractivity contribution in [2.75, 3.05) is 13.6 Å². The van der Waals surface area contributed by atoms with Crippen molar-refractivity contribution in [1.29, 1.82) is 0 Å². The lowest BCUT2D eigenvalue weighted by molar-refractivity contribution is 0.0648. The van der Waals surface area contributed by atoms with Crippen molar-refractivity contribution in [2.24, 2.45) is 0 Å². The number of imide groups is 2. The number of nitrogens with zero attached hydrogens (tertiary/aromatic N) is 2. The molecule has 2 aromatic rings. The van der Waals surface area contributed by atoms with Gasteiger partial charge in [0.2, 0.25) is 9.84 Å². The van der Waals surface area contributed by atoms with Crippen LogP contribution in [0.2, 0.25) is 58.4 Å². The molecule has 0 aliphatic carbocycles. The van der Waals surface area contributed by atoms with Gasteiger partial charge in [-0.05, 0) is 101 Å². The fourth-order valence-electron chi connectivity index (χ4n) is 5.87. The van der Waals surface area contributed by atoms with Crippen molar-refractivity contribution in [1.82, 2.24) is 9.80 Å². The lowest BCUT2D eigenvalue weighted by Gasteiger charge is -2.39. The third-order valence-corrected chi connectivity index (χ3v) is 22.9. The molecule has 0 saturated heterocycles. The molecular formula is C28H40N2O9SSi4. The molecule has 0 bridgehead atoms. The molecule has 4 rings (SSSR count). The Bertz CT molecular complexity index is 1660. The molecule has 2 aliphatic rings. The minimum absolute atomic E-state index is 0.00146. The van der Waals surface area contributed by atoms with Gasteiger partial charge in [-0.2, -0.15) is 0 Å². The summed E-state index contributed by atoms with van der Waals surface area (Å²) in [5.41, 5.74) is 0.283. The summed E-state index contributed by atoms with van der Waals surface area (Å²) in [6.45, 7) is 16.7. The van der Waals surface area contributed by atoms with E-state index in [1.165, 1.54) is 43.4 Å². The van der Waals surface area contributed by atoms with E-state index in [-0.39, 0.29) is 38.6 Å². The molecule has 0 saturated carbocycles. The van der Waals surface area contributed by atoms with Crippen molar-refractivity contribution >= 4 is 67.9 Å². The fourth-order valence-corrected chi connectivity index (χ4v) is 24.4. The quantitative estimate of drug-likeness (QED) is 0.235. The Kier molecular flexibility index (Phi) is 9.33. The maximum atomic E-state index is 13.5. The molecule has 4 amide bonds. The molecule has 0 radical (unpaired) electrons. The Morgan fingerprint density at radius 2 is 1.18 bits per heavy atom. The summed E-state index contributed by atoms with van der Waals surface area (Å²) in [6, 6.07) is 8.27. The number of hydrogen-bond acceptors (Lipinski definition) is 9. The number of rotatable bonds is 12. The highest BCUT2D eigenvalue weighted by Gasteiger charge is 2.42. The normalized spacial score (nSPS) is 16.0. The van der Waals surface area contributed by atoms with Crippen molar-refractivity contribution in [3.05, 3.63) is 58.7 Å². The Balaban J connectivity index is 1.44. The van der Waals surface area contributed by atoms with Crippen LogP contribution in [0.5, 0.6) is 0 Å². The minimum atomic E-state index is -4.16. The molecule has 2 heterocycles. The number of amides is 4. The molecule has 0 aromatic heterocycles. The minimum Gasteiger partial charge on any atom is -0.440 e. The number of sulfone groups is 1. The van der Waals surface area contributed by atoms with Gasteiger partial charge in [0.1, 0.15) is 0 Å². The van der Waals surface area contributed by atoms with Gasteiger partial charge in [-0.1, -0.05) is 0 Å². The van der Waals surface area contributed by atoms with Crippen molar-refractivity contribution in [3.63, 3.8) is 0 Å². The molecule has 2 aromatic carbocycles. The highest BCUT2D eigenvalue weighted by molar-refractivity contribution is 7.91. The Labute approximate surface area is 263 Å².